The fourth-order valence-electron chi connectivity index (χ4n) is 1.40. The average Bonchev–Trinajstić information content (AvgIpc) is 2.75. The van der Waals surface area contributed by atoms with Crippen LogP contribution in [0.25, 0.3) is 0 Å². The Bertz CT molecular complexity index is 496. The second-order valence-corrected chi connectivity index (χ2v) is 4.26. The van der Waals surface area contributed by atoms with Gasteiger partial charge in [-0.3, -0.25) is 0 Å². The van der Waals surface area contributed by atoms with Gasteiger partial charge in [-0.25, -0.2) is 13.2 Å². The zero-order valence-corrected chi connectivity index (χ0v) is 8.90. The Hall–Kier alpha value is -1.33. The predicted molar refractivity (Wildman–Crippen MR) is 56.7 cm³/mol. The van der Waals surface area contributed by atoms with Crippen LogP contribution in [0.2, 0.25) is 0 Å². The molecule has 0 saturated heterocycles. The maximum atomic E-state index is 13.4. The van der Waals surface area contributed by atoms with Crippen molar-refractivity contribution in [3.05, 3.63) is 57.5 Å². The van der Waals surface area contributed by atoms with Gasteiger partial charge in [-0.2, -0.15) is 0 Å². The molecule has 0 spiro atoms. The van der Waals surface area contributed by atoms with Crippen LogP contribution in [-0.4, -0.2) is 0 Å². The molecule has 2 rings (SSSR count). The summed E-state index contributed by atoms with van der Waals surface area (Å²) in [6.07, 6.45) is 0. The van der Waals surface area contributed by atoms with Crippen LogP contribution >= 0.6 is 11.3 Å². The summed E-state index contributed by atoms with van der Waals surface area (Å²) in [4.78, 5) is 0.699. The van der Waals surface area contributed by atoms with E-state index in [2.05, 4.69) is 0 Å². The summed E-state index contributed by atoms with van der Waals surface area (Å²) in [6, 6.07) is 4.02. The highest BCUT2D eigenvalue weighted by Gasteiger charge is 2.17. The molecule has 0 radical (unpaired) electrons. The molecule has 1 aromatic heterocycles. The Morgan fingerprint density at radius 2 is 1.75 bits per heavy atom. The Labute approximate surface area is 94.3 Å². The van der Waals surface area contributed by atoms with Crippen molar-refractivity contribution in [2.75, 3.05) is 0 Å². The fraction of sp³-hybridized carbons (Fsp3) is 0.0909. The van der Waals surface area contributed by atoms with Gasteiger partial charge in [0.25, 0.3) is 0 Å². The van der Waals surface area contributed by atoms with Crippen molar-refractivity contribution in [1.29, 1.82) is 0 Å². The zero-order valence-electron chi connectivity index (χ0n) is 8.08. The number of thiophene rings is 1. The first kappa shape index (κ1) is 11.2. The van der Waals surface area contributed by atoms with Crippen molar-refractivity contribution in [3.63, 3.8) is 0 Å². The molecule has 0 aliphatic carbocycles. The number of halogens is 3. The van der Waals surface area contributed by atoms with Crippen LogP contribution in [0.4, 0.5) is 13.2 Å². The maximum Gasteiger partial charge on any atom is 0.161 e. The van der Waals surface area contributed by atoms with Gasteiger partial charge >= 0.3 is 0 Å². The van der Waals surface area contributed by atoms with Crippen LogP contribution < -0.4 is 5.73 Å². The lowest BCUT2D eigenvalue weighted by molar-refractivity contribution is 0.488. The number of benzene rings is 1. The van der Waals surface area contributed by atoms with E-state index in [0.717, 1.165) is 6.07 Å². The first-order chi connectivity index (χ1) is 7.59. The Kier molecular flexibility index (Phi) is 2.98. The third kappa shape index (κ3) is 1.96. The Morgan fingerprint density at radius 3 is 2.38 bits per heavy atom. The van der Waals surface area contributed by atoms with E-state index in [-0.39, 0.29) is 5.56 Å². The Balaban J connectivity index is 2.44. The van der Waals surface area contributed by atoms with Crippen LogP contribution in [0.5, 0.6) is 0 Å². The lowest BCUT2D eigenvalue weighted by Crippen LogP contribution is -2.13. The minimum atomic E-state index is -1.21. The summed E-state index contributed by atoms with van der Waals surface area (Å²) in [5.41, 5.74) is 5.72. The van der Waals surface area contributed by atoms with E-state index in [1.54, 1.807) is 17.5 Å². The lowest BCUT2D eigenvalue weighted by atomic mass is 10.1. The normalized spacial score (nSPS) is 12.8. The standard InChI is InChI=1S/C11H8F3NS/c12-7-5-9(14)8(13)4-6(7)11(15)10-2-1-3-16-10/h1-5,11H,15H2/t11-/m1/s1. The van der Waals surface area contributed by atoms with Crippen molar-refractivity contribution in [3.8, 4) is 0 Å². The van der Waals surface area contributed by atoms with Crippen LogP contribution in [0.1, 0.15) is 16.5 Å². The van der Waals surface area contributed by atoms with Gasteiger partial charge in [0.2, 0.25) is 0 Å². The lowest BCUT2D eigenvalue weighted by Gasteiger charge is -2.11. The molecule has 5 heteroatoms. The van der Waals surface area contributed by atoms with E-state index in [1.165, 1.54) is 11.3 Å². The first-order valence-electron chi connectivity index (χ1n) is 4.53. The van der Waals surface area contributed by atoms with E-state index in [0.29, 0.717) is 10.9 Å². The highest BCUT2D eigenvalue weighted by atomic mass is 32.1. The molecule has 1 nitrogen and oxygen atoms in total. The molecule has 1 heterocycles. The van der Waals surface area contributed by atoms with Gasteiger partial charge in [-0.15, -0.1) is 11.3 Å². The third-order valence-corrected chi connectivity index (χ3v) is 3.18. The van der Waals surface area contributed by atoms with E-state index >= 15 is 0 Å². The van der Waals surface area contributed by atoms with Gasteiger partial charge < -0.3 is 5.73 Å². The second kappa shape index (κ2) is 4.27. The average molecular weight is 243 g/mol. The monoisotopic (exact) mass is 243 g/mol. The van der Waals surface area contributed by atoms with Crippen LogP contribution in [0, 0.1) is 17.5 Å². The van der Waals surface area contributed by atoms with Crippen LogP contribution in [-0.2, 0) is 0 Å². The molecule has 84 valence electrons. The van der Waals surface area contributed by atoms with Gasteiger partial charge in [0.1, 0.15) is 5.82 Å². The molecule has 0 aliphatic rings. The highest BCUT2D eigenvalue weighted by molar-refractivity contribution is 7.10. The molecule has 1 aromatic carbocycles. The molecule has 0 amide bonds. The second-order valence-electron chi connectivity index (χ2n) is 3.28. The zero-order chi connectivity index (χ0) is 11.7. The van der Waals surface area contributed by atoms with Crippen LogP contribution in [0.3, 0.4) is 0 Å². The summed E-state index contributed by atoms with van der Waals surface area (Å²) in [5, 5.41) is 1.78. The quantitative estimate of drug-likeness (QED) is 0.805. The van der Waals surface area contributed by atoms with Gasteiger partial charge in [0, 0.05) is 16.5 Å². The molecule has 0 aliphatic heterocycles. The fourth-order valence-corrected chi connectivity index (χ4v) is 2.14. The van der Waals surface area contributed by atoms with Gasteiger partial charge in [-0.1, -0.05) is 6.07 Å². The molecule has 0 bridgehead atoms. The smallest absolute Gasteiger partial charge is 0.161 e. The number of hydrogen-bond donors (Lipinski definition) is 1. The molecular formula is C11H8F3NS. The first-order valence-corrected chi connectivity index (χ1v) is 5.41. The van der Waals surface area contributed by atoms with Crippen molar-refractivity contribution in [1.82, 2.24) is 0 Å². The molecular weight excluding hydrogens is 235 g/mol. The summed E-state index contributed by atoms with van der Waals surface area (Å²) >= 11 is 1.34. The SMILES string of the molecule is N[C@@H](c1cccs1)c1cc(F)c(F)cc1F. The van der Waals surface area contributed by atoms with Gasteiger partial charge in [-0.05, 0) is 17.5 Å². The number of rotatable bonds is 2. The summed E-state index contributed by atoms with van der Waals surface area (Å²) in [6.45, 7) is 0. The minimum absolute atomic E-state index is 0.0404. The molecule has 2 aromatic rings. The molecule has 1 atom stereocenters. The summed E-state index contributed by atoms with van der Waals surface area (Å²) in [5.74, 6) is -3.14. The third-order valence-electron chi connectivity index (χ3n) is 2.22. The van der Waals surface area contributed by atoms with E-state index in [4.69, 9.17) is 5.73 Å². The van der Waals surface area contributed by atoms with Gasteiger partial charge in [0.15, 0.2) is 11.6 Å². The molecule has 0 saturated carbocycles. The van der Waals surface area contributed by atoms with Crippen molar-refractivity contribution < 1.29 is 13.2 Å². The molecule has 0 unspecified atom stereocenters. The van der Waals surface area contributed by atoms with E-state index in [1.807, 2.05) is 0 Å². The number of hydrogen-bond acceptors (Lipinski definition) is 2. The van der Waals surface area contributed by atoms with Crippen molar-refractivity contribution in [2.45, 2.75) is 6.04 Å². The summed E-state index contributed by atoms with van der Waals surface area (Å²) < 4.78 is 39.1. The molecule has 2 N–H and O–H groups in total. The largest absolute Gasteiger partial charge is 0.320 e. The highest BCUT2D eigenvalue weighted by Crippen LogP contribution is 2.26. The predicted octanol–water partition coefficient (Wildman–Crippen LogP) is 3.21. The number of nitrogens with two attached hydrogens (primary N) is 1. The van der Waals surface area contributed by atoms with E-state index < -0.39 is 23.5 Å². The maximum absolute atomic E-state index is 13.4. The molecule has 0 fully saturated rings. The Morgan fingerprint density at radius 1 is 1.06 bits per heavy atom. The van der Waals surface area contributed by atoms with Crippen LogP contribution in [0.15, 0.2) is 29.6 Å². The van der Waals surface area contributed by atoms with Crippen molar-refractivity contribution >= 4 is 11.3 Å². The van der Waals surface area contributed by atoms with E-state index in [9.17, 15) is 13.2 Å². The minimum Gasteiger partial charge on any atom is -0.320 e. The summed E-state index contributed by atoms with van der Waals surface area (Å²) in [7, 11) is 0. The van der Waals surface area contributed by atoms with Gasteiger partial charge in [0.05, 0.1) is 6.04 Å². The van der Waals surface area contributed by atoms with Crippen molar-refractivity contribution in [2.24, 2.45) is 5.73 Å². The topological polar surface area (TPSA) is 26.0 Å². The molecule has 16 heavy (non-hydrogen) atoms.